The van der Waals surface area contributed by atoms with Crippen molar-refractivity contribution < 1.29 is 13.5 Å². The number of rotatable bonds is 6. The second-order valence-electron chi connectivity index (χ2n) is 3.57. The molecule has 13 heavy (non-hydrogen) atoms. The Bertz CT molecular complexity index is 246. The Balaban J connectivity index is 2.23. The summed E-state index contributed by atoms with van der Waals surface area (Å²) in [6.45, 7) is 1.99. The average molecular weight is 207 g/mol. The summed E-state index contributed by atoms with van der Waals surface area (Å²) in [5.74, 6) is 0.467. The van der Waals surface area contributed by atoms with Crippen LogP contribution in [0.5, 0.6) is 0 Å². The van der Waals surface area contributed by atoms with Crippen molar-refractivity contribution in [2.45, 2.75) is 32.3 Å². The molecule has 1 saturated carbocycles. The van der Waals surface area contributed by atoms with E-state index in [1.165, 1.54) is 0 Å². The maximum atomic E-state index is 11.2. The zero-order chi connectivity index (χ0) is 9.90. The number of nitrogens with one attached hydrogen (secondary N) is 1. The highest BCUT2D eigenvalue weighted by atomic mass is 32.2. The minimum Gasteiger partial charge on any atom is -0.391 e. The highest BCUT2D eigenvalue weighted by molar-refractivity contribution is 7.89. The molecule has 0 radical (unpaired) electrons. The van der Waals surface area contributed by atoms with Gasteiger partial charge in [-0.1, -0.05) is 6.92 Å². The first-order valence-electron chi connectivity index (χ1n) is 4.70. The van der Waals surface area contributed by atoms with E-state index in [-0.39, 0.29) is 12.3 Å². The number of hydrogen-bond acceptors (Lipinski definition) is 3. The maximum absolute atomic E-state index is 11.2. The van der Waals surface area contributed by atoms with Crippen LogP contribution < -0.4 is 4.72 Å². The van der Waals surface area contributed by atoms with Crippen molar-refractivity contribution in [3.05, 3.63) is 0 Å². The fraction of sp³-hybridized carbons (Fsp3) is 1.00. The first-order valence-corrected chi connectivity index (χ1v) is 6.36. The molecule has 0 heterocycles. The van der Waals surface area contributed by atoms with Gasteiger partial charge in [0.2, 0.25) is 10.0 Å². The molecule has 1 rings (SSSR count). The molecule has 1 fully saturated rings. The Kier molecular flexibility index (Phi) is 3.70. The van der Waals surface area contributed by atoms with Gasteiger partial charge in [-0.15, -0.1) is 0 Å². The lowest BCUT2D eigenvalue weighted by molar-refractivity contribution is 0.155. The molecule has 2 N–H and O–H groups in total. The molecule has 1 atom stereocenters. The predicted molar refractivity (Wildman–Crippen MR) is 50.8 cm³/mol. The van der Waals surface area contributed by atoms with E-state index in [1.54, 1.807) is 0 Å². The average Bonchev–Trinajstić information content (AvgIpc) is 2.82. The van der Waals surface area contributed by atoms with Gasteiger partial charge in [0.25, 0.3) is 0 Å². The van der Waals surface area contributed by atoms with Gasteiger partial charge in [-0.25, -0.2) is 13.1 Å². The summed E-state index contributed by atoms with van der Waals surface area (Å²) in [7, 11) is -3.14. The highest BCUT2D eigenvalue weighted by Crippen LogP contribution is 2.32. The molecule has 5 heteroatoms. The van der Waals surface area contributed by atoms with Gasteiger partial charge in [0.05, 0.1) is 11.9 Å². The number of sulfonamides is 1. The van der Waals surface area contributed by atoms with Crippen LogP contribution in [0.4, 0.5) is 0 Å². The molecule has 0 aromatic heterocycles. The molecular formula is C8H17NO3S. The minimum atomic E-state index is -3.14. The third kappa shape index (κ3) is 4.06. The van der Waals surface area contributed by atoms with E-state index < -0.39 is 16.1 Å². The summed E-state index contributed by atoms with van der Waals surface area (Å²) in [5.41, 5.74) is 0. The molecule has 1 aliphatic rings. The van der Waals surface area contributed by atoms with Crippen LogP contribution >= 0.6 is 0 Å². The molecule has 1 unspecified atom stereocenters. The Morgan fingerprint density at radius 2 is 2.15 bits per heavy atom. The van der Waals surface area contributed by atoms with Crippen molar-refractivity contribution in [2.24, 2.45) is 5.92 Å². The standard InChI is InChI=1S/C8H17NO3S/c1-2-5-13(11,12)9-6-8(10)7-3-4-7/h7-10H,2-6H2,1H3. The topological polar surface area (TPSA) is 66.4 Å². The lowest BCUT2D eigenvalue weighted by Crippen LogP contribution is -2.34. The van der Waals surface area contributed by atoms with E-state index in [2.05, 4.69) is 4.72 Å². The van der Waals surface area contributed by atoms with Gasteiger partial charge in [-0.05, 0) is 25.2 Å². The van der Waals surface area contributed by atoms with Crippen molar-refractivity contribution in [1.82, 2.24) is 4.72 Å². The molecule has 78 valence electrons. The molecule has 0 spiro atoms. The molecule has 0 bridgehead atoms. The Morgan fingerprint density at radius 1 is 1.54 bits per heavy atom. The van der Waals surface area contributed by atoms with Crippen LogP contribution in [0.15, 0.2) is 0 Å². The van der Waals surface area contributed by atoms with Crippen LogP contribution in [-0.2, 0) is 10.0 Å². The van der Waals surface area contributed by atoms with Crippen LogP contribution in [0.2, 0.25) is 0 Å². The van der Waals surface area contributed by atoms with Crippen LogP contribution in [0.3, 0.4) is 0 Å². The number of aliphatic hydroxyl groups excluding tert-OH is 1. The Hall–Kier alpha value is -0.130. The first kappa shape index (κ1) is 10.9. The maximum Gasteiger partial charge on any atom is 0.211 e. The van der Waals surface area contributed by atoms with Gasteiger partial charge in [0, 0.05) is 6.54 Å². The predicted octanol–water partition coefficient (Wildman–Crippen LogP) is 0.0867. The van der Waals surface area contributed by atoms with Gasteiger partial charge in [-0.2, -0.15) is 0 Å². The largest absolute Gasteiger partial charge is 0.391 e. The van der Waals surface area contributed by atoms with Gasteiger partial charge in [0.1, 0.15) is 0 Å². The highest BCUT2D eigenvalue weighted by Gasteiger charge is 2.30. The van der Waals surface area contributed by atoms with Crippen molar-refractivity contribution in [3.8, 4) is 0 Å². The van der Waals surface area contributed by atoms with Gasteiger partial charge in [0.15, 0.2) is 0 Å². The van der Waals surface area contributed by atoms with Crippen molar-refractivity contribution >= 4 is 10.0 Å². The Labute approximate surface area is 79.4 Å². The molecule has 0 aromatic carbocycles. The summed E-state index contributed by atoms with van der Waals surface area (Å²) in [4.78, 5) is 0. The second-order valence-corrected chi connectivity index (χ2v) is 5.50. The molecule has 1 aliphatic carbocycles. The molecule has 0 aliphatic heterocycles. The van der Waals surface area contributed by atoms with Crippen LogP contribution in [0, 0.1) is 5.92 Å². The quantitative estimate of drug-likeness (QED) is 0.648. The van der Waals surface area contributed by atoms with Gasteiger partial charge >= 0.3 is 0 Å². The van der Waals surface area contributed by atoms with Crippen LogP contribution in [-0.4, -0.2) is 31.9 Å². The van der Waals surface area contributed by atoms with Crippen LogP contribution in [0.25, 0.3) is 0 Å². The lowest BCUT2D eigenvalue weighted by Gasteiger charge is -2.10. The van der Waals surface area contributed by atoms with E-state index in [4.69, 9.17) is 0 Å². The zero-order valence-electron chi connectivity index (χ0n) is 7.86. The summed E-state index contributed by atoms with van der Waals surface area (Å²) >= 11 is 0. The van der Waals surface area contributed by atoms with E-state index in [0.717, 1.165) is 12.8 Å². The smallest absolute Gasteiger partial charge is 0.211 e. The lowest BCUT2D eigenvalue weighted by atomic mass is 10.2. The minimum absolute atomic E-state index is 0.143. The Morgan fingerprint density at radius 3 is 2.62 bits per heavy atom. The third-order valence-electron chi connectivity index (χ3n) is 2.15. The molecule has 0 amide bonds. The zero-order valence-corrected chi connectivity index (χ0v) is 8.68. The van der Waals surface area contributed by atoms with Gasteiger partial charge in [-0.3, -0.25) is 0 Å². The summed E-state index contributed by atoms with van der Waals surface area (Å²) in [6.07, 6.45) is 2.16. The SMILES string of the molecule is CCCS(=O)(=O)NCC(O)C1CC1. The van der Waals surface area contributed by atoms with E-state index in [9.17, 15) is 13.5 Å². The van der Waals surface area contributed by atoms with Gasteiger partial charge < -0.3 is 5.11 Å². The van der Waals surface area contributed by atoms with Crippen LogP contribution in [0.1, 0.15) is 26.2 Å². The second kappa shape index (κ2) is 4.39. The monoisotopic (exact) mass is 207 g/mol. The van der Waals surface area contributed by atoms with E-state index >= 15 is 0 Å². The molecular weight excluding hydrogens is 190 g/mol. The summed E-state index contributed by atoms with van der Waals surface area (Å²) in [5, 5.41) is 9.39. The van der Waals surface area contributed by atoms with Crippen molar-refractivity contribution in [1.29, 1.82) is 0 Å². The van der Waals surface area contributed by atoms with Crippen molar-refractivity contribution in [3.63, 3.8) is 0 Å². The molecule has 0 aromatic rings. The fourth-order valence-electron chi connectivity index (χ4n) is 1.20. The summed E-state index contributed by atoms with van der Waals surface area (Å²) in [6, 6.07) is 0. The first-order chi connectivity index (χ1) is 6.05. The van der Waals surface area contributed by atoms with E-state index in [1.807, 2.05) is 6.92 Å². The number of aliphatic hydroxyl groups is 1. The third-order valence-corrected chi connectivity index (χ3v) is 3.70. The molecule has 0 saturated heterocycles. The van der Waals surface area contributed by atoms with Crippen molar-refractivity contribution in [2.75, 3.05) is 12.3 Å². The number of hydrogen-bond donors (Lipinski definition) is 2. The van der Waals surface area contributed by atoms with E-state index in [0.29, 0.717) is 12.3 Å². The normalized spacial score (nSPS) is 20.2. The molecule has 4 nitrogen and oxygen atoms in total. The summed E-state index contributed by atoms with van der Waals surface area (Å²) < 4.78 is 24.7. The fourth-order valence-corrected chi connectivity index (χ4v) is 2.31.